The minimum Gasteiger partial charge on any atom is -0.309 e. The number of rotatable bonds is 7. The van der Waals surface area contributed by atoms with Crippen LogP contribution in [0.5, 0.6) is 0 Å². The standard InChI is InChI=1S/C54H41N/c1-54(2)50-17-9-6-14-46(50)47-33-30-43(36-51(47)54)44(34-37-20-24-40(25-21-37)39-12-4-3-5-13-39)35-38-22-26-41(27-23-38)42-28-31-45(32-29-42)55-52-18-10-7-15-48(52)49-16-8-11-19-53(49)55/h3-34,36H,35H2,1-2H3/b44-34-. The normalized spacial score (nSPS) is 13.2. The third-order valence-electron chi connectivity index (χ3n) is 11.7. The molecule has 0 spiro atoms. The van der Waals surface area contributed by atoms with E-state index in [1.54, 1.807) is 0 Å². The number of hydrogen-bond donors (Lipinski definition) is 0. The molecular formula is C54H41N. The third kappa shape index (κ3) is 5.81. The number of aromatic nitrogens is 1. The van der Waals surface area contributed by atoms with Crippen molar-refractivity contribution < 1.29 is 0 Å². The van der Waals surface area contributed by atoms with Crippen LogP contribution in [-0.4, -0.2) is 4.57 Å². The maximum absolute atomic E-state index is 2.45. The molecule has 0 amide bonds. The zero-order chi connectivity index (χ0) is 36.9. The minimum atomic E-state index is -0.0525. The number of para-hydroxylation sites is 2. The second-order valence-electron chi connectivity index (χ2n) is 15.4. The molecule has 0 aliphatic heterocycles. The molecule has 0 atom stereocenters. The topological polar surface area (TPSA) is 4.93 Å². The van der Waals surface area contributed by atoms with E-state index in [0.29, 0.717) is 0 Å². The minimum absolute atomic E-state index is 0.0525. The van der Waals surface area contributed by atoms with E-state index in [1.165, 1.54) is 94.3 Å². The molecule has 10 rings (SSSR count). The van der Waals surface area contributed by atoms with Crippen molar-refractivity contribution in [1.82, 2.24) is 4.57 Å². The Morgan fingerprint density at radius 2 is 1.00 bits per heavy atom. The molecule has 1 aliphatic rings. The molecule has 0 saturated heterocycles. The molecule has 8 aromatic carbocycles. The zero-order valence-corrected chi connectivity index (χ0v) is 31.2. The van der Waals surface area contributed by atoms with Crippen LogP contribution in [0.25, 0.3) is 72.5 Å². The van der Waals surface area contributed by atoms with Gasteiger partial charge in [0.15, 0.2) is 0 Å². The molecule has 1 nitrogen and oxygen atoms in total. The largest absolute Gasteiger partial charge is 0.309 e. The fourth-order valence-electron chi connectivity index (χ4n) is 8.78. The molecule has 0 radical (unpaired) electrons. The van der Waals surface area contributed by atoms with Crippen molar-refractivity contribution in [3.63, 3.8) is 0 Å². The van der Waals surface area contributed by atoms with Crippen LogP contribution in [-0.2, 0) is 11.8 Å². The smallest absolute Gasteiger partial charge is 0.0541 e. The highest BCUT2D eigenvalue weighted by Gasteiger charge is 2.35. The van der Waals surface area contributed by atoms with Crippen molar-refractivity contribution in [1.29, 1.82) is 0 Å². The number of nitrogens with zero attached hydrogens (tertiary/aromatic N) is 1. The van der Waals surface area contributed by atoms with Crippen LogP contribution < -0.4 is 0 Å². The van der Waals surface area contributed by atoms with Crippen LogP contribution in [0.4, 0.5) is 0 Å². The van der Waals surface area contributed by atoms with Gasteiger partial charge in [-0.05, 0) is 104 Å². The lowest BCUT2D eigenvalue weighted by molar-refractivity contribution is 0.660. The van der Waals surface area contributed by atoms with E-state index in [1.807, 2.05) is 0 Å². The van der Waals surface area contributed by atoms with E-state index in [4.69, 9.17) is 0 Å². The van der Waals surface area contributed by atoms with Crippen molar-refractivity contribution in [2.45, 2.75) is 25.7 Å². The van der Waals surface area contributed by atoms with Crippen molar-refractivity contribution >= 4 is 33.5 Å². The molecule has 55 heavy (non-hydrogen) atoms. The Bertz CT molecular complexity index is 2810. The summed E-state index contributed by atoms with van der Waals surface area (Å²) < 4.78 is 2.37. The summed E-state index contributed by atoms with van der Waals surface area (Å²) in [5.74, 6) is 0. The molecule has 1 heteroatoms. The van der Waals surface area contributed by atoms with Gasteiger partial charge in [0.05, 0.1) is 11.0 Å². The van der Waals surface area contributed by atoms with Gasteiger partial charge in [-0.3, -0.25) is 0 Å². The van der Waals surface area contributed by atoms with Gasteiger partial charge >= 0.3 is 0 Å². The van der Waals surface area contributed by atoms with Gasteiger partial charge in [-0.15, -0.1) is 0 Å². The predicted octanol–water partition coefficient (Wildman–Crippen LogP) is 14.2. The highest BCUT2D eigenvalue weighted by molar-refractivity contribution is 6.09. The average Bonchev–Trinajstić information content (AvgIpc) is 3.70. The first-order chi connectivity index (χ1) is 27.0. The van der Waals surface area contributed by atoms with Crippen molar-refractivity contribution in [2.75, 3.05) is 0 Å². The van der Waals surface area contributed by atoms with Crippen LogP contribution >= 0.6 is 0 Å². The molecule has 262 valence electrons. The van der Waals surface area contributed by atoms with Gasteiger partial charge in [0.25, 0.3) is 0 Å². The molecular weight excluding hydrogens is 663 g/mol. The fourth-order valence-corrected chi connectivity index (χ4v) is 8.78. The quantitative estimate of drug-likeness (QED) is 0.146. The molecule has 0 fully saturated rings. The Balaban J connectivity index is 0.973. The summed E-state index contributed by atoms with van der Waals surface area (Å²) in [6.45, 7) is 4.72. The maximum atomic E-state index is 2.45. The summed E-state index contributed by atoms with van der Waals surface area (Å²) in [6.07, 6.45) is 3.21. The summed E-state index contributed by atoms with van der Waals surface area (Å²) in [7, 11) is 0. The van der Waals surface area contributed by atoms with Gasteiger partial charge in [0, 0.05) is 21.9 Å². The first-order valence-electron chi connectivity index (χ1n) is 19.3. The SMILES string of the molecule is CC1(C)c2ccccc2-c2ccc(/C(=C\c3ccc(-c4ccccc4)cc3)Cc3ccc(-c4ccc(-n5c6ccccc6c6ccccc65)cc4)cc3)cc21. The molecule has 0 unspecified atom stereocenters. The summed E-state index contributed by atoms with van der Waals surface area (Å²) in [5.41, 5.74) is 19.1. The van der Waals surface area contributed by atoms with Crippen molar-refractivity contribution in [3.05, 3.63) is 222 Å². The number of allylic oxidation sites excluding steroid dienone is 1. The maximum Gasteiger partial charge on any atom is 0.0541 e. The number of benzene rings is 8. The Hall–Kier alpha value is -6.70. The van der Waals surface area contributed by atoms with Gasteiger partial charge in [-0.2, -0.15) is 0 Å². The Morgan fingerprint density at radius 1 is 0.473 bits per heavy atom. The molecule has 1 aromatic heterocycles. The van der Waals surface area contributed by atoms with Gasteiger partial charge in [0.1, 0.15) is 0 Å². The molecule has 9 aromatic rings. The average molecular weight is 704 g/mol. The first-order valence-corrected chi connectivity index (χ1v) is 19.3. The Morgan fingerprint density at radius 3 is 1.67 bits per heavy atom. The number of hydrogen-bond acceptors (Lipinski definition) is 0. The van der Waals surface area contributed by atoms with Crippen LogP contribution in [0.2, 0.25) is 0 Å². The summed E-state index contributed by atoms with van der Waals surface area (Å²) in [5, 5.41) is 2.56. The lowest BCUT2D eigenvalue weighted by atomic mass is 9.81. The molecule has 0 saturated carbocycles. The third-order valence-corrected chi connectivity index (χ3v) is 11.7. The van der Waals surface area contributed by atoms with Crippen LogP contribution in [0.15, 0.2) is 194 Å². The van der Waals surface area contributed by atoms with Crippen LogP contribution in [0.1, 0.15) is 41.7 Å². The van der Waals surface area contributed by atoms with Gasteiger partial charge < -0.3 is 4.57 Å². The molecule has 1 aliphatic carbocycles. The van der Waals surface area contributed by atoms with E-state index in [-0.39, 0.29) is 5.41 Å². The highest BCUT2D eigenvalue weighted by atomic mass is 15.0. The number of fused-ring (bicyclic) bond motifs is 6. The van der Waals surface area contributed by atoms with Crippen molar-refractivity contribution in [2.24, 2.45) is 0 Å². The van der Waals surface area contributed by atoms with Crippen molar-refractivity contribution in [3.8, 4) is 39.1 Å². The van der Waals surface area contributed by atoms with E-state index < -0.39 is 0 Å². The van der Waals surface area contributed by atoms with Crippen LogP contribution in [0.3, 0.4) is 0 Å². The van der Waals surface area contributed by atoms with Crippen LogP contribution in [0, 0.1) is 0 Å². The summed E-state index contributed by atoms with van der Waals surface area (Å²) in [4.78, 5) is 0. The highest BCUT2D eigenvalue weighted by Crippen LogP contribution is 2.49. The lowest BCUT2D eigenvalue weighted by Gasteiger charge is -2.22. The summed E-state index contributed by atoms with van der Waals surface area (Å²) in [6, 6.07) is 71.1. The lowest BCUT2D eigenvalue weighted by Crippen LogP contribution is -2.15. The van der Waals surface area contributed by atoms with Gasteiger partial charge in [-0.25, -0.2) is 0 Å². The van der Waals surface area contributed by atoms with E-state index in [9.17, 15) is 0 Å². The monoisotopic (exact) mass is 703 g/mol. The Kier molecular flexibility index (Phi) is 7.96. The van der Waals surface area contributed by atoms with Gasteiger partial charge in [0.2, 0.25) is 0 Å². The second kappa shape index (κ2) is 13.3. The van der Waals surface area contributed by atoms with E-state index in [0.717, 1.165) is 6.42 Å². The second-order valence-corrected chi connectivity index (χ2v) is 15.4. The summed E-state index contributed by atoms with van der Waals surface area (Å²) >= 11 is 0. The van der Waals surface area contributed by atoms with Gasteiger partial charge in [-0.1, -0.05) is 184 Å². The first kappa shape index (κ1) is 32.9. The molecule has 0 bridgehead atoms. The molecule has 0 N–H and O–H groups in total. The fraction of sp³-hybridized carbons (Fsp3) is 0.0741. The van der Waals surface area contributed by atoms with E-state index >= 15 is 0 Å². The zero-order valence-electron chi connectivity index (χ0n) is 31.2. The predicted molar refractivity (Wildman–Crippen MR) is 234 cm³/mol. The van der Waals surface area contributed by atoms with E-state index in [2.05, 4.69) is 219 Å². The molecule has 1 heterocycles. The Labute approximate surface area is 323 Å².